The molecule has 32 atom stereocenters. The van der Waals surface area contributed by atoms with Crippen molar-refractivity contribution in [2.45, 2.75) is 280 Å². The number of carbonyl (C=O) groups excluding carboxylic acids is 1. The third-order valence-corrected chi connectivity index (χ3v) is 23.0. The predicted octanol–water partition coefficient (Wildman–Crippen LogP) is -1.52. The zero-order valence-electron chi connectivity index (χ0n) is 49.7. The molecule has 0 unspecified atom stereocenters. The third-order valence-electron chi connectivity index (χ3n) is 23.0. The number of ether oxygens (including phenoxy) is 10. The summed E-state index contributed by atoms with van der Waals surface area (Å²) >= 11 is 0. The van der Waals surface area contributed by atoms with Crippen molar-refractivity contribution in [3.63, 3.8) is 0 Å². The molecule has 5 saturated heterocycles. The summed E-state index contributed by atoms with van der Waals surface area (Å²) < 4.78 is 59.6. The largest absolute Gasteiger partial charge is 0.432 e. The smallest absolute Gasteiger partial charge is 0.315 e. The number of hydrogen-bond donors (Lipinski definition) is 14. The van der Waals surface area contributed by atoms with Crippen LogP contribution in [0.25, 0.3) is 0 Å². The highest BCUT2D eigenvalue weighted by Crippen LogP contribution is 2.76. The molecule has 14 N–H and O–H groups in total. The van der Waals surface area contributed by atoms with Crippen molar-refractivity contribution in [3.8, 4) is 0 Å². The van der Waals surface area contributed by atoms with Crippen LogP contribution in [0.5, 0.6) is 0 Å². The number of hydrogen-bond acceptors (Lipinski definition) is 25. The molecule has 10 rings (SSSR count). The van der Waals surface area contributed by atoms with Gasteiger partial charge in [-0.25, -0.2) is 0 Å². The van der Waals surface area contributed by atoms with Crippen molar-refractivity contribution in [1.82, 2.24) is 0 Å². The first kappa shape index (κ1) is 65.2. The Morgan fingerprint density at radius 3 is 1.76 bits per heavy atom. The van der Waals surface area contributed by atoms with Crippen LogP contribution < -0.4 is 0 Å². The summed E-state index contributed by atoms with van der Waals surface area (Å²) in [5.41, 5.74) is -1.12. The summed E-state index contributed by atoms with van der Waals surface area (Å²) in [5.74, 6) is -0.449. The lowest BCUT2D eigenvalue weighted by Gasteiger charge is -2.71. The van der Waals surface area contributed by atoms with Crippen LogP contribution in [-0.2, 0) is 52.2 Å². The van der Waals surface area contributed by atoms with Crippen LogP contribution in [-0.4, -0.2) is 251 Å². The van der Waals surface area contributed by atoms with Gasteiger partial charge in [0.15, 0.2) is 25.2 Å². The Labute approximate surface area is 490 Å². The number of carbonyl (C=O) groups is 1. The lowest BCUT2D eigenvalue weighted by atomic mass is 9.33. The van der Waals surface area contributed by atoms with Crippen LogP contribution >= 0.6 is 0 Å². The molecule has 0 spiro atoms. The first-order valence-electron chi connectivity index (χ1n) is 30.5. The van der Waals surface area contributed by atoms with Gasteiger partial charge in [0.2, 0.25) is 6.29 Å². The van der Waals surface area contributed by atoms with Gasteiger partial charge in [0.05, 0.1) is 43.5 Å². The van der Waals surface area contributed by atoms with Crippen molar-refractivity contribution >= 4 is 5.97 Å². The molecule has 25 heteroatoms. The molecule has 84 heavy (non-hydrogen) atoms. The van der Waals surface area contributed by atoms with Crippen LogP contribution in [0.3, 0.4) is 0 Å². The van der Waals surface area contributed by atoms with E-state index in [1.165, 1.54) is 19.4 Å². The quantitative estimate of drug-likeness (QED) is 0.0600. The number of fused-ring (bicyclic) bond motifs is 7. The van der Waals surface area contributed by atoms with Gasteiger partial charge >= 0.3 is 5.97 Å². The lowest BCUT2D eigenvalue weighted by molar-refractivity contribution is -0.364. The Kier molecular flexibility index (Phi) is 18.5. The Hall–Kier alpha value is -1.71. The van der Waals surface area contributed by atoms with Crippen LogP contribution in [0.1, 0.15) is 127 Å². The van der Waals surface area contributed by atoms with Crippen molar-refractivity contribution in [3.05, 3.63) is 11.6 Å². The lowest BCUT2D eigenvalue weighted by Crippen LogP contribution is -2.66. The standard InChI is InChI=1S/C59H96O25/c1-24-34(62)38(66)42(70)49(77-24)82-46-29(21-60)79-48(45(73)41(46)69)76-23-30-37(65)40(68)44(72)51(80-30)84-53(74)59-18-16-54(3,4)20-27(59)26-10-11-32-56(7)14-13-33(55(5,6)31(56)12-15-58(32,9)57(26,8)17-19-59)81-52-47(36(64)28(61)22-75-52)83-50-43(71)39(67)35(63)25(2)78-50/h10,24-25,27-52,60-73H,11-23H2,1-9H3/t24-,25-,27-,28+,29+,30+,31-,32+,33-,34-,35-,36-,37+,38+,39+,40-,41+,42+,43+,44+,45+,46+,47-,48+,49-,50-,51-,52-,56-,57+,58+,59-/m0/s1. The van der Waals surface area contributed by atoms with Crippen molar-refractivity contribution in [1.29, 1.82) is 0 Å². The number of allylic oxidation sites excluding steroid dienone is 2. The number of esters is 1. The van der Waals surface area contributed by atoms with E-state index in [9.17, 15) is 71.5 Å². The van der Waals surface area contributed by atoms with E-state index in [0.29, 0.717) is 38.5 Å². The predicted molar refractivity (Wildman–Crippen MR) is 287 cm³/mol. The molecule has 0 amide bonds. The highest BCUT2D eigenvalue weighted by atomic mass is 16.8. The van der Waals surface area contributed by atoms with Gasteiger partial charge in [0.1, 0.15) is 104 Å². The minimum absolute atomic E-state index is 0.150. The summed E-state index contributed by atoms with van der Waals surface area (Å²) in [5, 5.41) is 151. The highest BCUT2D eigenvalue weighted by molar-refractivity contribution is 5.79. The van der Waals surface area contributed by atoms with E-state index in [0.717, 1.165) is 25.7 Å². The second-order valence-electron chi connectivity index (χ2n) is 28.6. The number of aliphatic hydroxyl groups is 14. The van der Waals surface area contributed by atoms with E-state index in [1.807, 2.05) is 0 Å². The Morgan fingerprint density at radius 1 is 0.560 bits per heavy atom. The second-order valence-corrected chi connectivity index (χ2v) is 28.6. The molecule has 9 fully saturated rings. The Bertz CT molecular complexity index is 2340. The van der Waals surface area contributed by atoms with Crippen molar-refractivity contribution in [2.24, 2.45) is 50.2 Å². The molecule has 10 aliphatic rings. The van der Waals surface area contributed by atoms with Crippen LogP contribution in [0.2, 0.25) is 0 Å². The van der Waals surface area contributed by atoms with Gasteiger partial charge < -0.3 is 119 Å². The van der Waals surface area contributed by atoms with Gasteiger partial charge in [0, 0.05) is 0 Å². The zero-order valence-corrected chi connectivity index (χ0v) is 49.7. The number of rotatable bonds is 12. The Morgan fingerprint density at radius 2 is 1.13 bits per heavy atom. The van der Waals surface area contributed by atoms with E-state index in [-0.39, 0.29) is 52.1 Å². The van der Waals surface area contributed by atoms with E-state index < -0.39 is 177 Å². The molecular formula is C59H96O25. The fourth-order valence-electron chi connectivity index (χ4n) is 17.5. The minimum Gasteiger partial charge on any atom is -0.432 e. The van der Waals surface area contributed by atoms with Gasteiger partial charge in [-0.2, -0.15) is 0 Å². The summed E-state index contributed by atoms with van der Waals surface area (Å²) in [6.45, 7) is 17.3. The molecule has 0 aromatic rings. The summed E-state index contributed by atoms with van der Waals surface area (Å²) in [6, 6.07) is 0. The van der Waals surface area contributed by atoms with Gasteiger partial charge in [-0.15, -0.1) is 0 Å². The van der Waals surface area contributed by atoms with Crippen LogP contribution in [0, 0.1) is 50.2 Å². The van der Waals surface area contributed by atoms with E-state index in [1.54, 1.807) is 0 Å². The van der Waals surface area contributed by atoms with E-state index in [2.05, 4.69) is 54.5 Å². The first-order chi connectivity index (χ1) is 39.3. The first-order valence-corrected chi connectivity index (χ1v) is 30.5. The zero-order chi connectivity index (χ0) is 61.3. The summed E-state index contributed by atoms with van der Waals surface area (Å²) in [6.07, 6.45) is -27.9. The fraction of sp³-hybridized carbons (Fsp3) is 0.949. The van der Waals surface area contributed by atoms with Gasteiger partial charge in [-0.05, 0) is 123 Å². The van der Waals surface area contributed by atoms with Gasteiger partial charge in [-0.3, -0.25) is 4.79 Å². The Balaban J connectivity index is 0.824. The monoisotopic (exact) mass is 1200 g/mol. The maximum atomic E-state index is 15.2. The topological polar surface area (TPSA) is 393 Å². The SMILES string of the molecule is C[C@@H]1O[C@@H](O[C@@H]2[C@H](O[C@H]3CC[C@]4(C)[C@H]5CC=C6[C@@H]7CC(C)(C)CC[C@]7(C(=O)O[C@@H]7O[C@H](CO[C@@H]8O[C@H](CO)[C@@H](O[C@@H]9O[C@@H](C)[C@H](O)[C@@H](O)[C@H]9O)[C@H](O)[C@H]8O)[C@@H](O)[C@H](O)[C@H]7O)CC[C@@]6(C)[C@]5(C)CC[C@H]4C3(C)C)OC[C@@H](O)[C@@H]2O)[C@H](O)[C@H](O)[C@H]1O. The second kappa shape index (κ2) is 23.8. The summed E-state index contributed by atoms with van der Waals surface area (Å²) in [4.78, 5) is 15.2. The summed E-state index contributed by atoms with van der Waals surface area (Å²) in [7, 11) is 0. The molecular weight excluding hydrogens is 1110 g/mol. The maximum absolute atomic E-state index is 15.2. The van der Waals surface area contributed by atoms with Gasteiger partial charge in [-0.1, -0.05) is 60.1 Å². The molecule has 5 aliphatic heterocycles. The molecule has 482 valence electrons. The number of aliphatic hydroxyl groups excluding tert-OH is 14. The fourth-order valence-corrected chi connectivity index (χ4v) is 17.5. The van der Waals surface area contributed by atoms with E-state index in [4.69, 9.17) is 47.4 Å². The minimum atomic E-state index is -1.88. The van der Waals surface area contributed by atoms with Crippen LogP contribution in [0.15, 0.2) is 11.6 Å². The molecule has 25 nitrogen and oxygen atoms in total. The van der Waals surface area contributed by atoms with Crippen molar-refractivity contribution < 1.29 is 124 Å². The molecule has 0 aromatic carbocycles. The molecule has 4 saturated carbocycles. The average molecular weight is 1210 g/mol. The normalized spacial score (nSPS) is 54.6. The average Bonchev–Trinajstić information content (AvgIpc) is 0.705. The van der Waals surface area contributed by atoms with Crippen LogP contribution in [0.4, 0.5) is 0 Å². The van der Waals surface area contributed by atoms with Crippen molar-refractivity contribution in [2.75, 3.05) is 19.8 Å². The highest BCUT2D eigenvalue weighted by Gasteiger charge is 2.70. The maximum Gasteiger partial charge on any atom is 0.315 e. The van der Waals surface area contributed by atoms with E-state index >= 15 is 4.79 Å². The molecule has 0 aromatic heterocycles. The third kappa shape index (κ3) is 10.9. The van der Waals surface area contributed by atoms with Gasteiger partial charge in [0.25, 0.3) is 0 Å². The molecule has 0 radical (unpaired) electrons. The molecule has 0 bridgehead atoms. The molecule has 5 heterocycles. The molecule has 5 aliphatic carbocycles.